The fraction of sp³-hybridized carbons (Fsp3) is 0.286. The number of ether oxygens (including phenoxy) is 1. The molecule has 0 bridgehead atoms. The maximum Gasteiger partial charge on any atom is 0.274 e. The van der Waals surface area contributed by atoms with Crippen molar-refractivity contribution in [3.63, 3.8) is 0 Å². The van der Waals surface area contributed by atoms with Gasteiger partial charge in [0.25, 0.3) is 5.19 Å². The van der Waals surface area contributed by atoms with Gasteiger partial charge in [0.15, 0.2) is 5.82 Å². The summed E-state index contributed by atoms with van der Waals surface area (Å²) < 4.78 is 23.2. The molecule has 1 N–H and O–H groups in total. The Labute approximate surface area is 182 Å². The highest BCUT2D eigenvalue weighted by Crippen LogP contribution is 2.35. The molecule has 1 aliphatic heterocycles. The number of nitrogens with one attached hydrogen (secondary N) is 1. The van der Waals surface area contributed by atoms with E-state index < -0.39 is 5.82 Å². The minimum Gasteiger partial charge on any atom is -0.467 e. The van der Waals surface area contributed by atoms with Crippen LogP contribution in [0.3, 0.4) is 0 Å². The van der Waals surface area contributed by atoms with E-state index in [0.717, 1.165) is 41.6 Å². The third-order valence-corrected chi connectivity index (χ3v) is 6.05. The van der Waals surface area contributed by atoms with Crippen LogP contribution < -0.4 is 10.1 Å². The number of aromatic nitrogens is 3. The molecular weight excluding hydrogens is 425 g/mol. The van der Waals surface area contributed by atoms with E-state index in [1.807, 2.05) is 25.4 Å². The molecule has 30 heavy (non-hydrogen) atoms. The largest absolute Gasteiger partial charge is 0.467 e. The maximum atomic E-state index is 14.8. The summed E-state index contributed by atoms with van der Waals surface area (Å²) in [7, 11) is 1.81. The maximum absolute atomic E-state index is 14.8. The Balaban J connectivity index is 0.00000218. The Hall–Kier alpha value is -2.73. The monoisotopic (exact) mass is 443 g/mol. The Kier molecular flexibility index (Phi) is 5.60. The molecule has 0 aliphatic carbocycles. The second-order valence-corrected chi connectivity index (χ2v) is 8.22. The number of hydrogen-bond donors (Lipinski definition) is 1. The summed E-state index contributed by atoms with van der Waals surface area (Å²) in [5.41, 5.74) is 2.92. The average Bonchev–Trinajstić information content (AvgIpc) is 3.30. The van der Waals surface area contributed by atoms with Gasteiger partial charge in [0, 0.05) is 18.6 Å². The molecule has 3 heterocycles. The minimum absolute atomic E-state index is 0. The van der Waals surface area contributed by atoms with Gasteiger partial charge in [0.1, 0.15) is 23.2 Å². The van der Waals surface area contributed by atoms with Crippen LogP contribution in [0.4, 0.5) is 4.39 Å². The van der Waals surface area contributed by atoms with Gasteiger partial charge < -0.3 is 10.1 Å². The third kappa shape index (κ3) is 3.72. The molecule has 9 heteroatoms. The SMILES string of the molecule is Cl.Cn1cc2cc(-c3cc(F)c4nc(OC5CCNCC5)sc4c3)cc(C#N)c2n1. The summed E-state index contributed by atoms with van der Waals surface area (Å²) >= 11 is 1.36. The van der Waals surface area contributed by atoms with Gasteiger partial charge in [-0.2, -0.15) is 15.3 Å². The van der Waals surface area contributed by atoms with E-state index in [1.54, 1.807) is 10.7 Å². The number of nitriles is 1. The van der Waals surface area contributed by atoms with Crippen molar-refractivity contribution in [1.82, 2.24) is 20.1 Å². The number of thiazole rings is 1. The predicted octanol–water partition coefficient (Wildman–Crippen LogP) is 4.41. The first kappa shape index (κ1) is 20.5. The zero-order valence-corrected chi connectivity index (χ0v) is 17.8. The fourth-order valence-corrected chi connectivity index (χ4v) is 4.68. The molecule has 0 unspecified atom stereocenters. The van der Waals surface area contributed by atoms with Crippen LogP contribution in [-0.2, 0) is 7.05 Å². The van der Waals surface area contributed by atoms with Gasteiger partial charge in [-0.15, -0.1) is 12.4 Å². The van der Waals surface area contributed by atoms with Crippen molar-refractivity contribution >= 4 is 44.9 Å². The van der Waals surface area contributed by atoms with Gasteiger partial charge in [-0.25, -0.2) is 4.39 Å². The molecule has 154 valence electrons. The molecule has 1 aliphatic rings. The third-order valence-electron chi connectivity index (χ3n) is 5.16. The summed E-state index contributed by atoms with van der Waals surface area (Å²) in [4.78, 5) is 4.36. The lowest BCUT2D eigenvalue weighted by Gasteiger charge is -2.22. The van der Waals surface area contributed by atoms with E-state index in [0.29, 0.717) is 27.4 Å². The number of hydrogen-bond acceptors (Lipinski definition) is 6. The van der Waals surface area contributed by atoms with Crippen LogP contribution in [0.1, 0.15) is 18.4 Å². The summed E-state index contributed by atoms with van der Waals surface area (Å²) in [5.74, 6) is -0.390. The van der Waals surface area contributed by atoms with Crippen LogP contribution in [0, 0.1) is 17.1 Å². The Morgan fingerprint density at radius 1 is 1.20 bits per heavy atom. The van der Waals surface area contributed by atoms with Gasteiger partial charge in [-0.1, -0.05) is 11.3 Å². The average molecular weight is 444 g/mol. The molecule has 0 spiro atoms. The van der Waals surface area contributed by atoms with Gasteiger partial charge in [0.05, 0.1) is 10.3 Å². The summed E-state index contributed by atoms with van der Waals surface area (Å²) in [6, 6.07) is 9.25. The van der Waals surface area contributed by atoms with E-state index >= 15 is 0 Å². The van der Waals surface area contributed by atoms with Crippen molar-refractivity contribution < 1.29 is 9.13 Å². The van der Waals surface area contributed by atoms with Crippen LogP contribution in [-0.4, -0.2) is 34.0 Å². The molecule has 2 aromatic heterocycles. The number of benzene rings is 2. The van der Waals surface area contributed by atoms with Crippen molar-refractivity contribution in [3.8, 4) is 22.4 Å². The van der Waals surface area contributed by atoms with Gasteiger partial charge in [-0.3, -0.25) is 4.68 Å². The van der Waals surface area contributed by atoms with Crippen LogP contribution in [0.2, 0.25) is 0 Å². The quantitative estimate of drug-likeness (QED) is 0.507. The van der Waals surface area contributed by atoms with Crippen molar-refractivity contribution in [3.05, 3.63) is 41.8 Å². The first-order chi connectivity index (χ1) is 14.1. The van der Waals surface area contributed by atoms with Crippen molar-refractivity contribution in [2.24, 2.45) is 7.05 Å². The van der Waals surface area contributed by atoms with E-state index in [-0.39, 0.29) is 18.5 Å². The molecule has 1 saturated heterocycles. The first-order valence-electron chi connectivity index (χ1n) is 9.46. The molecule has 5 rings (SSSR count). The molecule has 6 nitrogen and oxygen atoms in total. The molecule has 4 aromatic rings. The van der Waals surface area contributed by atoms with Crippen LogP contribution in [0.25, 0.3) is 32.2 Å². The van der Waals surface area contributed by atoms with Crippen molar-refractivity contribution in [1.29, 1.82) is 5.26 Å². The normalized spacial score (nSPS) is 14.6. The lowest BCUT2D eigenvalue weighted by molar-refractivity contribution is 0.162. The Morgan fingerprint density at radius 2 is 1.97 bits per heavy atom. The zero-order chi connectivity index (χ0) is 20.0. The Morgan fingerprint density at radius 3 is 2.73 bits per heavy atom. The molecule has 0 amide bonds. The van der Waals surface area contributed by atoms with Crippen LogP contribution >= 0.6 is 23.7 Å². The van der Waals surface area contributed by atoms with Crippen LogP contribution in [0.15, 0.2) is 30.5 Å². The molecule has 0 saturated carbocycles. The molecule has 1 fully saturated rings. The smallest absolute Gasteiger partial charge is 0.274 e. The van der Waals surface area contributed by atoms with E-state index in [4.69, 9.17) is 4.74 Å². The Bertz CT molecular complexity index is 1270. The van der Waals surface area contributed by atoms with Gasteiger partial charge in [-0.05, 0) is 61.3 Å². The summed E-state index contributed by atoms with van der Waals surface area (Å²) in [5, 5.41) is 18.5. The predicted molar refractivity (Wildman–Crippen MR) is 118 cm³/mol. The number of piperidine rings is 1. The summed E-state index contributed by atoms with van der Waals surface area (Å²) in [6.07, 6.45) is 3.81. The first-order valence-corrected chi connectivity index (χ1v) is 10.3. The molecule has 2 aromatic carbocycles. The number of aryl methyl sites for hydroxylation is 1. The number of nitrogens with zero attached hydrogens (tertiary/aromatic N) is 4. The van der Waals surface area contributed by atoms with Crippen molar-refractivity contribution in [2.45, 2.75) is 18.9 Å². The molecule has 0 radical (unpaired) electrons. The zero-order valence-electron chi connectivity index (χ0n) is 16.2. The molecule has 0 atom stereocenters. The summed E-state index contributed by atoms with van der Waals surface area (Å²) in [6.45, 7) is 1.85. The van der Waals surface area contributed by atoms with Crippen LogP contribution in [0.5, 0.6) is 5.19 Å². The number of halogens is 2. The lowest BCUT2D eigenvalue weighted by Crippen LogP contribution is -2.34. The van der Waals surface area contributed by atoms with E-state index in [9.17, 15) is 9.65 Å². The standard InChI is InChI=1S/C21H18FN5OS.ClH/c1-27-11-15-7-12(6-14(10-23)19(15)26-27)13-8-17(22)20-18(9-13)29-21(25-20)28-16-2-4-24-5-3-16;/h6-9,11,16,24H,2-5H2,1H3;1H. The highest BCUT2D eigenvalue weighted by molar-refractivity contribution is 7.20. The van der Waals surface area contributed by atoms with Gasteiger partial charge >= 0.3 is 0 Å². The highest BCUT2D eigenvalue weighted by Gasteiger charge is 2.19. The number of fused-ring (bicyclic) bond motifs is 2. The fourth-order valence-electron chi connectivity index (χ4n) is 3.75. The van der Waals surface area contributed by atoms with Gasteiger partial charge in [0.2, 0.25) is 0 Å². The van der Waals surface area contributed by atoms with Crippen molar-refractivity contribution in [2.75, 3.05) is 13.1 Å². The molecular formula is C21H19ClFN5OS. The second kappa shape index (κ2) is 8.19. The lowest BCUT2D eigenvalue weighted by atomic mass is 10.0. The number of rotatable bonds is 3. The topological polar surface area (TPSA) is 75.8 Å². The second-order valence-electron chi connectivity index (χ2n) is 7.23. The van der Waals surface area contributed by atoms with E-state index in [1.165, 1.54) is 17.4 Å². The minimum atomic E-state index is -0.390. The van der Waals surface area contributed by atoms with E-state index in [2.05, 4.69) is 21.5 Å². The highest BCUT2D eigenvalue weighted by atomic mass is 35.5.